The summed E-state index contributed by atoms with van der Waals surface area (Å²) in [7, 11) is 1.64. The summed E-state index contributed by atoms with van der Waals surface area (Å²) in [5.74, 6) is -0.343. The van der Waals surface area contributed by atoms with E-state index >= 15 is 0 Å². The Morgan fingerprint density at radius 3 is 2.24 bits per heavy atom. The van der Waals surface area contributed by atoms with Crippen molar-refractivity contribution in [2.45, 2.75) is 70.6 Å². The average molecular weight is 347 g/mol. The fourth-order valence-electron chi connectivity index (χ4n) is 3.18. The van der Waals surface area contributed by atoms with Crippen molar-refractivity contribution in [1.82, 2.24) is 4.90 Å². The van der Waals surface area contributed by atoms with Crippen LogP contribution in [0, 0.1) is 0 Å². The molecule has 0 bridgehead atoms. The molecule has 25 heavy (non-hydrogen) atoms. The first kappa shape index (κ1) is 19.3. The highest BCUT2D eigenvalue weighted by Crippen LogP contribution is 2.35. The number of benzene rings is 1. The molecule has 5 heteroatoms. The van der Waals surface area contributed by atoms with Crippen molar-refractivity contribution >= 4 is 12.1 Å². The molecule has 138 valence electrons. The highest BCUT2D eigenvalue weighted by Gasteiger charge is 2.47. The molecule has 0 aliphatic heterocycles. The van der Waals surface area contributed by atoms with Gasteiger partial charge in [0.1, 0.15) is 17.7 Å². The monoisotopic (exact) mass is 347 g/mol. The third-order valence-electron chi connectivity index (χ3n) is 4.58. The molecule has 0 saturated heterocycles. The van der Waals surface area contributed by atoms with E-state index in [1.165, 1.54) is 4.90 Å². The minimum atomic E-state index is -0.935. The summed E-state index contributed by atoms with van der Waals surface area (Å²) >= 11 is 0. The molecule has 0 N–H and O–H groups in total. The van der Waals surface area contributed by atoms with Gasteiger partial charge in [-0.3, -0.25) is 4.90 Å². The number of likely N-dealkylation sites (N-methyl/N-ethyl adjacent to an activating group) is 1. The maximum absolute atomic E-state index is 12.9. The fourth-order valence-corrected chi connectivity index (χ4v) is 3.18. The normalized spacial score (nSPS) is 16.8. The minimum absolute atomic E-state index is 0.212. The second-order valence-corrected chi connectivity index (χ2v) is 7.69. The van der Waals surface area contributed by atoms with E-state index in [4.69, 9.17) is 9.47 Å². The average Bonchev–Trinajstić information content (AvgIpc) is 2.59. The van der Waals surface area contributed by atoms with Gasteiger partial charge >= 0.3 is 12.1 Å². The molecular weight excluding hydrogens is 318 g/mol. The zero-order valence-corrected chi connectivity index (χ0v) is 15.7. The van der Waals surface area contributed by atoms with Gasteiger partial charge in [0, 0.05) is 7.05 Å². The lowest BCUT2D eigenvalue weighted by Gasteiger charge is -2.42. The molecule has 1 fully saturated rings. The van der Waals surface area contributed by atoms with Crippen LogP contribution in [-0.2, 0) is 20.9 Å². The van der Waals surface area contributed by atoms with E-state index < -0.39 is 17.2 Å². The van der Waals surface area contributed by atoms with Crippen molar-refractivity contribution < 1.29 is 19.1 Å². The summed E-state index contributed by atoms with van der Waals surface area (Å²) in [5.41, 5.74) is -0.605. The number of carbonyl (C=O) groups excluding carboxylic acids is 2. The largest absolute Gasteiger partial charge is 0.459 e. The zero-order valence-electron chi connectivity index (χ0n) is 15.7. The van der Waals surface area contributed by atoms with Gasteiger partial charge in [-0.2, -0.15) is 0 Å². The molecule has 5 nitrogen and oxygen atoms in total. The number of hydrogen-bond acceptors (Lipinski definition) is 4. The van der Waals surface area contributed by atoms with Crippen LogP contribution in [0.5, 0.6) is 0 Å². The first-order valence-electron chi connectivity index (χ1n) is 8.93. The third-order valence-corrected chi connectivity index (χ3v) is 4.58. The van der Waals surface area contributed by atoms with Crippen molar-refractivity contribution in [2.75, 3.05) is 7.05 Å². The standard InChI is InChI=1S/C20H29NO4/c1-19(2,3)25-18(23)21(4)20(13-9-6-10-14-20)17(22)24-15-16-11-7-5-8-12-16/h5,7-8,11-12H,6,9-10,13-15H2,1-4H3. The molecule has 0 unspecified atom stereocenters. The second kappa shape index (κ2) is 7.89. The van der Waals surface area contributed by atoms with Crippen molar-refractivity contribution in [2.24, 2.45) is 0 Å². The lowest BCUT2D eigenvalue weighted by Crippen LogP contribution is -2.57. The quantitative estimate of drug-likeness (QED) is 0.762. The Bertz CT molecular complexity index is 585. The van der Waals surface area contributed by atoms with Crippen LogP contribution in [0.3, 0.4) is 0 Å². The van der Waals surface area contributed by atoms with E-state index in [2.05, 4.69) is 0 Å². The smallest absolute Gasteiger partial charge is 0.410 e. The van der Waals surface area contributed by atoms with Crippen LogP contribution in [-0.4, -0.2) is 35.2 Å². The van der Waals surface area contributed by atoms with Gasteiger partial charge in [-0.25, -0.2) is 9.59 Å². The number of carbonyl (C=O) groups is 2. The minimum Gasteiger partial charge on any atom is -0.459 e. The van der Waals surface area contributed by atoms with Crippen LogP contribution in [0.1, 0.15) is 58.4 Å². The number of ether oxygens (including phenoxy) is 2. The number of amides is 1. The Hall–Kier alpha value is -2.04. The maximum atomic E-state index is 12.9. The van der Waals surface area contributed by atoms with Crippen LogP contribution >= 0.6 is 0 Å². The van der Waals surface area contributed by atoms with Crippen molar-refractivity contribution in [3.8, 4) is 0 Å². The number of hydrogen-bond donors (Lipinski definition) is 0. The summed E-state index contributed by atoms with van der Waals surface area (Å²) in [5, 5.41) is 0. The predicted molar refractivity (Wildman–Crippen MR) is 96.1 cm³/mol. The molecule has 1 aromatic carbocycles. The molecule has 1 saturated carbocycles. The van der Waals surface area contributed by atoms with Crippen molar-refractivity contribution in [1.29, 1.82) is 0 Å². The summed E-state index contributed by atoms with van der Waals surface area (Å²) in [6.07, 6.45) is 3.59. The summed E-state index contributed by atoms with van der Waals surface area (Å²) in [4.78, 5) is 26.9. The van der Waals surface area contributed by atoms with Gasteiger partial charge in [0.15, 0.2) is 0 Å². The Kier molecular flexibility index (Phi) is 6.09. The van der Waals surface area contributed by atoms with Crippen molar-refractivity contribution in [3.05, 3.63) is 35.9 Å². The fraction of sp³-hybridized carbons (Fsp3) is 0.600. The van der Waals surface area contributed by atoms with E-state index in [0.29, 0.717) is 12.8 Å². The Morgan fingerprint density at radius 1 is 1.08 bits per heavy atom. The van der Waals surface area contributed by atoms with Gasteiger partial charge in [-0.05, 0) is 39.2 Å². The van der Waals surface area contributed by atoms with E-state index in [0.717, 1.165) is 24.8 Å². The van der Waals surface area contributed by atoms with Crippen LogP contribution in [0.25, 0.3) is 0 Å². The van der Waals surface area contributed by atoms with Crippen LogP contribution < -0.4 is 0 Å². The molecule has 0 atom stereocenters. The van der Waals surface area contributed by atoms with Gasteiger partial charge in [0.2, 0.25) is 0 Å². The summed E-state index contributed by atoms with van der Waals surface area (Å²) in [6, 6.07) is 9.57. The molecule has 1 aliphatic rings. The Balaban J connectivity index is 2.12. The second-order valence-electron chi connectivity index (χ2n) is 7.69. The number of nitrogens with zero attached hydrogens (tertiary/aromatic N) is 1. The number of esters is 1. The topological polar surface area (TPSA) is 55.8 Å². The van der Waals surface area contributed by atoms with Crippen molar-refractivity contribution in [3.63, 3.8) is 0 Å². The third kappa shape index (κ3) is 4.97. The van der Waals surface area contributed by atoms with Gasteiger partial charge < -0.3 is 9.47 Å². The molecule has 1 aliphatic carbocycles. The van der Waals surface area contributed by atoms with E-state index in [9.17, 15) is 9.59 Å². The van der Waals surface area contributed by atoms with Gasteiger partial charge in [-0.1, -0.05) is 49.6 Å². The summed E-state index contributed by atoms with van der Waals surface area (Å²) in [6.45, 7) is 5.67. The van der Waals surface area contributed by atoms with Gasteiger partial charge in [0.05, 0.1) is 0 Å². The van der Waals surface area contributed by atoms with Crippen LogP contribution in [0.15, 0.2) is 30.3 Å². The first-order chi connectivity index (χ1) is 11.7. The molecule has 1 amide bonds. The molecule has 2 rings (SSSR count). The maximum Gasteiger partial charge on any atom is 0.410 e. The Morgan fingerprint density at radius 2 is 1.68 bits per heavy atom. The predicted octanol–water partition coefficient (Wildman–Crippen LogP) is 4.30. The molecule has 0 spiro atoms. The van der Waals surface area contributed by atoms with E-state index in [-0.39, 0.29) is 12.6 Å². The molecule has 0 aromatic heterocycles. The van der Waals surface area contributed by atoms with E-state index in [1.807, 2.05) is 51.1 Å². The summed E-state index contributed by atoms with van der Waals surface area (Å²) < 4.78 is 11.1. The van der Waals surface area contributed by atoms with E-state index in [1.54, 1.807) is 7.05 Å². The van der Waals surface area contributed by atoms with Crippen LogP contribution in [0.4, 0.5) is 4.79 Å². The Labute approximate surface area is 150 Å². The molecule has 0 radical (unpaired) electrons. The lowest BCUT2D eigenvalue weighted by molar-refractivity contribution is -0.161. The molecular formula is C20H29NO4. The lowest BCUT2D eigenvalue weighted by atomic mass is 9.80. The van der Waals surface area contributed by atoms with Crippen LogP contribution in [0.2, 0.25) is 0 Å². The molecule has 1 aromatic rings. The SMILES string of the molecule is CN(C(=O)OC(C)(C)C)C1(C(=O)OCc2ccccc2)CCCCC1. The van der Waals surface area contributed by atoms with Gasteiger partial charge in [-0.15, -0.1) is 0 Å². The highest BCUT2D eigenvalue weighted by atomic mass is 16.6. The van der Waals surface area contributed by atoms with Gasteiger partial charge in [0.25, 0.3) is 0 Å². The first-order valence-corrected chi connectivity index (χ1v) is 8.93. The molecule has 0 heterocycles. The number of rotatable bonds is 4. The highest BCUT2D eigenvalue weighted by molar-refractivity contribution is 5.86. The zero-order chi connectivity index (χ0) is 18.5.